The number of hydrogen-bond acceptors (Lipinski definition) is 5. The molecule has 6 rings (SSSR count). The summed E-state index contributed by atoms with van der Waals surface area (Å²) < 4.78 is 0. The molecule has 1 unspecified atom stereocenters. The van der Waals surface area contributed by atoms with E-state index in [4.69, 9.17) is 5.10 Å². The van der Waals surface area contributed by atoms with Crippen LogP contribution >= 0.6 is 11.8 Å². The fourth-order valence-electron chi connectivity index (χ4n) is 4.62. The predicted octanol–water partition coefficient (Wildman–Crippen LogP) is 7.88. The lowest BCUT2D eigenvalue weighted by Gasteiger charge is -2.24. The van der Waals surface area contributed by atoms with E-state index in [1.807, 2.05) is 49.4 Å². The quantitative estimate of drug-likeness (QED) is 0.295. The second-order valence-corrected chi connectivity index (χ2v) is 10.3. The van der Waals surface area contributed by atoms with Crippen LogP contribution in [0.3, 0.4) is 0 Å². The van der Waals surface area contributed by atoms with Crippen LogP contribution in [-0.2, 0) is 0 Å². The fourth-order valence-corrected chi connectivity index (χ4v) is 5.36. The highest BCUT2D eigenvalue weighted by Gasteiger charge is 2.30. The molecule has 2 heterocycles. The maximum absolute atomic E-state index is 12.2. The van der Waals surface area contributed by atoms with Gasteiger partial charge in [0.05, 0.1) is 28.0 Å². The first-order chi connectivity index (χ1) is 18.6. The van der Waals surface area contributed by atoms with Crippen molar-refractivity contribution in [3.8, 4) is 0 Å². The maximum atomic E-state index is 12.2. The molecule has 0 aromatic heterocycles. The highest BCUT2D eigenvalue weighted by atomic mass is 32.2. The van der Waals surface area contributed by atoms with E-state index in [0.717, 1.165) is 51.3 Å². The zero-order chi connectivity index (χ0) is 25.9. The number of anilines is 1. The van der Waals surface area contributed by atoms with Gasteiger partial charge in [0, 0.05) is 6.42 Å². The molecule has 5 nitrogen and oxygen atoms in total. The van der Waals surface area contributed by atoms with E-state index >= 15 is 0 Å². The van der Waals surface area contributed by atoms with E-state index in [0.29, 0.717) is 5.84 Å². The van der Waals surface area contributed by atoms with Gasteiger partial charge in [-0.05, 0) is 65.7 Å². The summed E-state index contributed by atoms with van der Waals surface area (Å²) in [6, 6.07) is 37.2. The zero-order valence-corrected chi connectivity index (χ0v) is 21.7. The number of amides is 1. The minimum atomic E-state index is -0.121. The number of nitrogens with zero attached hydrogens (tertiary/aromatic N) is 3. The van der Waals surface area contributed by atoms with Crippen molar-refractivity contribution in [2.24, 2.45) is 10.1 Å². The molecular formula is C32H26N4OS. The number of amidine groups is 1. The molecule has 0 aliphatic carbocycles. The topological polar surface area (TPSA) is 57.1 Å². The van der Waals surface area contributed by atoms with Gasteiger partial charge in [-0.3, -0.25) is 9.80 Å². The molecule has 38 heavy (non-hydrogen) atoms. The van der Waals surface area contributed by atoms with Crippen LogP contribution in [0.1, 0.15) is 34.7 Å². The second-order valence-electron chi connectivity index (χ2n) is 9.30. The summed E-state index contributed by atoms with van der Waals surface area (Å²) in [4.78, 5) is 17.6. The van der Waals surface area contributed by atoms with Gasteiger partial charge in [-0.25, -0.2) is 4.99 Å². The second kappa shape index (κ2) is 10.5. The van der Waals surface area contributed by atoms with Crippen molar-refractivity contribution >= 4 is 46.0 Å². The Morgan fingerprint density at radius 3 is 2.29 bits per heavy atom. The average Bonchev–Trinajstić information content (AvgIpc) is 3.55. The summed E-state index contributed by atoms with van der Waals surface area (Å²) in [7, 11) is 0. The number of thioether (sulfide) groups is 1. The van der Waals surface area contributed by atoms with Crippen molar-refractivity contribution in [1.29, 1.82) is 0 Å². The number of hydrazone groups is 1. The molecular weight excluding hydrogens is 488 g/mol. The van der Waals surface area contributed by atoms with Crippen LogP contribution in [0.25, 0.3) is 6.08 Å². The van der Waals surface area contributed by atoms with Gasteiger partial charge in [-0.15, -0.1) is 0 Å². The molecule has 1 atom stereocenters. The van der Waals surface area contributed by atoms with Crippen LogP contribution in [0.15, 0.2) is 124 Å². The SMILES string of the molecule is Cc1ccc(N=C2NC(=O)SC2=Cc2ccc(N3N=C(c4ccccc4)CC3c3ccccc3)cc2)cc1. The van der Waals surface area contributed by atoms with Crippen molar-refractivity contribution < 1.29 is 4.79 Å². The molecule has 0 saturated carbocycles. The van der Waals surface area contributed by atoms with Crippen molar-refractivity contribution in [3.63, 3.8) is 0 Å². The molecule has 1 N–H and O–H groups in total. The largest absolute Gasteiger partial charge is 0.300 e. The van der Waals surface area contributed by atoms with Crippen molar-refractivity contribution in [3.05, 3.63) is 136 Å². The van der Waals surface area contributed by atoms with Gasteiger partial charge in [0.1, 0.15) is 5.84 Å². The smallest absolute Gasteiger partial charge is 0.289 e. The lowest BCUT2D eigenvalue weighted by Crippen LogP contribution is -2.18. The van der Waals surface area contributed by atoms with Crippen molar-refractivity contribution in [2.45, 2.75) is 19.4 Å². The number of carbonyl (C=O) groups is 1. The van der Waals surface area contributed by atoms with E-state index in [-0.39, 0.29) is 11.3 Å². The number of nitrogens with one attached hydrogen (secondary N) is 1. The Morgan fingerprint density at radius 2 is 1.58 bits per heavy atom. The van der Waals surface area contributed by atoms with Gasteiger partial charge in [-0.1, -0.05) is 90.5 Å². The summed E-state index contributed by atoms with van der Waals surface area (Å²) in [6.07, 6.45) is 2.83. The number of aliphatic imine (C=N–C) groups is 1. The molecule has 1 fully saturated rings. The molecule has 2 aliphatic heterocycles. The third kappa shape index (κ3) is 5.17. The van der Waals surface area contributed by atoms with E-state index in [1.165, 1.54) is 11.1 Å². The Balaban J connectivity index is 1.29. The molecule has 1 saturated heterocycles. The number of carbonyl (C=O) groups excluding carboxylic acids is 1. The minimum Gasteiger partial charge on any atom is -0.300 e. The Kier molecular flexibility index (Phi) is 6.63. The summed E-state index contributed by atoms with van der Waals surface area (Å²) in [5, 5.41) is 9.92. The first-order valence-electron chi connectivity index (χ1n) is 12.6. The number of hydrogen-bond donors (Lipinski definition) is 1. The summed E-state index contributed by atoms with van der Waals surface area (Å²) in [5.74, 6) is 0.578. The molecule has 0 bridgehead atoms. The Hall–Kier alpha value is -4.42. The van der Waals surface area contributed by atoms with Crippen LogP contribution in [0.4, 0.5) is 16.2 Å². The minimum absolute atomic E-state index is 0.121. The average molecular weight is 515 g/mol. The summed E-state index contributed by atoms with van der Waals surface area (Å²) >= 11 is 1.16. The molecule has 4 aromatic carbocycles. The molecule has 6 heteroatoms. The summed E-state index contributed by atoms with van der Waals surface area (Å²) in [6.45, 7) is 2.04. The fraction of sp³-hybridized carbons (Fsp3) is 0.0938. The molecule has 0 spiro atoms. The monoisotopic (exact) mass is 514 g/mol. The van der Waals surface area contributed by atoms with Gasteiger partial charge in [0.25, 0.3) is 5.24 Å². The number of rotatable bonds is 5. The third-order valence-electron chi connectivity index (χ3n) is 6.59. The molecule has 186 valence electrons. The third-order valence-corrected chi connectivity index (χ3v) is 7.41. The standard InChI is InChI=1S/C32H26N4OS/c1-22-12-16-26(17-13-22)33-31-30(38-32(37)34-31)20-23-14-18-27(19-15-23)36-29(25-10-6-3-7-11-25)21-28(35-36)24-8-4-2-5-9-24/h2-20,29H,21H2,1H3,(H,33,34,37). The number of aryl methyl sites for hydroxylation is 1. The first kappa shape index (κ1) is 23.9. The summed E-state index contributed by atoms with van der Waals surface area (Å²) in [5.41, 5.74) is 7.45. The first-order valence-corrected chi connectivity index (χ1v) is 13.4. The lowest BCUT2D eigenvalue weighted by atomic mass is 9.98. The van der Waals surface area contributed by atoms with Crippen LogP contribution in [0.2, 0.25) is 0 Å². The van der Waals surface area contributed by atoms with E-state index in [2.05, 4.69) is 88.1 Å². The zero-order valence-electron chi connectivity index (χ0n) is 20.9. The van der Waals surface area contributed by atoms with Gasteiger partial charge in [0.15, 0.2) is 0 Å². The van der Waals surface area contributed by atoms with Gasteiger partial charge in [-0.2, -0.15) is 5.10 Å². The molecule has 4 aromatic rings. The Morgan fingerprint density at radius 1 is 0.895 bits per heavy atom. The van der Waals surface area contributed by atoms with Crippen molar-refractivity contribution in [2.75, 3.05) is 5.01 Å². The van der Waals surface area contributed by atoms with Gasteiger partial charge in [0.2, 0.25) is 0 Å². The Labute approximate surface area is 226 Å². The van der Waals surface area contributed by atoms with Crippen LogP contribution < -0.4 is 10.3 Å². The van der Waals surface area contributed by atoms with Gasteiger partial charge < -0.3 is 5.32 Å². The van der Waals surface area contributed by atoms with Gasteiger partial charge >= 0.3 is 0 Å². The van der Waals surface area contributed by atoms with Crippen molar-refractivity contribution in [1.82, 2.24) is 5.32 Å². The van der Waals surface area contributed by atoms with Crippen LogP contribution in [0.5, 0.6) is 0 Å². The number of benzene rings is 4. The highest BCUT2D eigenvalue weighted by molar-refractivity contribution is 8.18. The predicted molar refractivity (Wildman–Crippen MR) is 158 cm³/mol. The Bertz CT molecular complexity index is 1540. The normalized spacial score (nSPS) is 19.2. The van der Waals surface area contributed by atoms with E-state index < -0.39 is 0 Å². The van der Waals surface area contributed by atoms with Crippen LogP contribution in [0, 0.1) is 6.92 Å². The van der Waals surface area contributed by atoms with E-state index in [1.54, 1.807) is 0 Å². The lowest BCUT2D eigenvalue weighted by molar-refractivity contribution is 0.265. The maximum Gasteiger partial charge on any atom is 0.289 e. The highest BCUT2D eigenvalue weighted by Crippen LogP contribution is 2.37. The molecule has 1 amide bonds. The van der Waals surface area contributed by atoms with E-state index in [9.17, 15) is 4.79 Å². The molecule has 2 aliphatic rings. The molecule has 0 radical (unpaired) electrons. The van der Waals surface area contributed by atoms with Crippen LogP contribution in [-0.4, -0.2) is 16.8 Å².